The van der Waals surface area contributed by atoms with Crippen molar-refractivity contribution in [3.8, 4) is 11.3 Å². The molecule has 1 saturated heterocycles. The lowest BCUT2D eigenvalue weighted by Gasteiger charge is -1.98. The number of nitrogens with one attached hydrogen (secondary N) is 1. The SMILES string of the molecule is O=C1NC(=NN=Cc2ccco2)SC1=Cc1ccc(-c2ccccc2[N+](=O)[O-])o1. The van der Waals surface area contributed by atoms with Gasteiger partial charge in [0.2, 0.25) is 0 Å². The minimum atomic E-state index is -0.470. The van der Waals surface area contributed by atoms with Crippen molar-refractivity contribution in [2.45, 2.75) is 0 Å². The highest BCUT2D eigenvalue weighted by atomic mass is 32.2. The number of nitro benzene ring substituents is 1. The molecule has 1 N–H and O–H groups in total. The number of furan rings is 2. The first-order chi connectivity index (χ1) is 14.1. The van der Waals surface area contributed by atoms with Crippen molar-refractivity contribution in [3.63, 3.8) is 0 Å². The van der Waals surface area contributed by atoms with E-state index in [4.69, 9.17) is 8.83 Å². The summed E-state index contributed by atoms with van der Waals surface area (Å²) in [5, 5.41) is 21.9. The van der Waals surface area contributed by atoms with Gasteiger partial charge in [0.25, 0.3) is 11.6 Å². The Morgan fingerprint density at radius 1 is 1.10 bits per heavy atom. The minimum absolute atomic E-state index is 0.0575. The van der Waals surface area contributed by atoms with Crippen molar-refractivity contribution in [1.29, 1.82) is 0 Å². The van der Waals surface area contributed by atoms with Gasteiger partial charge in [-0.05, 0) is 42.1 Å². The molecule has 10 heteroatoms. The summed E-state index contributed by atoms with van der Waals surface area (Å²) in [6.07, 6.45) is 4.48. The predicted octanol–water partition coefficient (Wildman–Crippen LogP) is 4.04. The lowest BCUT2D eigenvalue weighted by molar-refractivity contribution is -0.384. The van der Waals surface area contributed by atoms with Crippen LogP contribution in [0.3, 0.4) is 0 Å². The largest absolute Gasteiger partial charge is 0.463 e. The van der Waals surface area contributed by atoms with Gasteiger partial charge in [0.1, 0.15) is 17.3 Å². The molecule has 0 unspecified atom stereocenters. The number of nitrogens with zero attached hydrogens (tertiary/aromatic N) is 3. The van der Waals surface area contributed by atoms with Crippen LogP contribution in [0, 0.1) is 10.1 Å². The van der Waals surface area contributed by atoms with Gasteiger partial charge in [-0.1, -0.05) is 12.1 Å². The quantitative estimate of drug-likeness (QED) is 0.294. The summed E-state index contributed by atoms with van der Waals surface area (Å²) < 4.78 is 10.8. The van der Waals surface area contributed by atoms with Gasteiger partial charge in [0.15, 0.2) is 5.17 Å². The second-order valence-electron chi connectivity index (χ2n) is 5.71. The molecule has 0 radical (unpaired) electrons. The van der Waals surface area contributed by atoms with Crippen LogP contribution in [0.5, 0.6) is 0 Å². The lowest BCUT2D eigenvalue weighted by Crippen LogP contribution is -2.19. The summed E-state index contributed by atoms with van der Waals surface area (Å²) in [6, 6.07) is 13.0. The summed E-state index contributed by atoms with van der Waals surface area (Å²) in [6.45, 7) is 0. The number of carbonyl (C=O) groups is 1. The van der Waals surface area contributed by atoms with Crippen molar-refractivity contribution < 1.29 is 18.6 Å². The van der Waals surface area contributed by atoms with E-state index in [2.05, 4.69) is 15.5 Å². The molecular formula is C19H12N4O5S. The molecule has 29 heavy (non-hydrogen) atoms. The van der Waals surface area contributed by atoms with Gasteiger partial charge in [-0.3, -0.25) is 20.2 Å². The fourth-order valence-corrected chi connectivity index (χ4v) is 3.28. The second kappa shape index (κ2) is 7.98. The van der Waals surface area contributed by atoms with Gasteiger partial charge in [-0.25, -0.2) is 0 Å². The predicted molar refractivity (Wildman–Crippen MR) is 108 cm³/mol. The van der Waals surface area contributed by atoms with Gasteiger partial charge in [0, 0.05) is 12.1 Å². The number of hydrogen-bond donors (Lipinski definition) is 1. The van der Waals surface area contributed by atoms with E-state index in [1.807, 2.05) is 0 Å². The highest BCUT2D eigenvalue weighted by Crippen LogP contribution is 2.32. The van der Waals surface area contributed by atoms with Gasteiger partial charge in [0.05, 0.1) is 27.9 Å². The van der Waals surface area contributed by atoms with Crippen molar-refractivity contribution in [2.24, 2.45) is 10.2 Å². The van der Waals surface area contributed by atoms with Crippen LogP contribution in [0.1, 0.15) is 11.5 Å². The highest BCUT2D eigenvalue weighted by molar-refractivity contribution is 8.18. The van der Waals surface area contributed by atoms with Gasteiger partial charge >= 0.3 is 0 Å². The maximum Gasteiger partial charge on any atom is 0.280 e. The Hall–Kier alpha value is -3.92. The minimum Gasteiger partial charge on any atom is -0.463 e. The average molecular weight is 408 g/mol. The number of rotatable bonds is 5. The second-order valence-corrected chi connectivity index (χ2v) is 6.74. The maximum atomic E-state index is 12.1. The summed E-state index contributed by atoms with van der Waals surface area (Å²) in [5.74, 6) is 0.920. The van der Waals surface area contributed by atoms with Crippen molar-refractivity contribution in [3.05, 3.63) is 81.3 Å². The zero-order valence-corrected chi connectivity index (χ0v) is 15.5. The van der Waals surface area contributed by atoms with E-state index in [-0.39, 0.29) is 11.6 Å². The molecular weight excluding hydrogens is 396 g/mol. The zero-order valence-electron chi connectivity index (χ0n) is 14.6. The van der Waals surface area contributed by atoms with Crippen LogP contribution >= 0.6 is 11.8 Å². The topological polar surface area (TPSA) is 123 Å². The first-order valence-electron chi connectivity index (χ1n) is 8.29. The number of amides is 1. The molecule has 1 fully saturated rings. The Labute approximate surface area is 168 Å². The first-order valence-corrected chi connectivity index (χ1v) is 9.11. The van der Waals surface area contributed by atoms with Crippen LogP contribution in [0.15, 0.2) is 78.7 Å². The third kappa shape index (κ3) is 4.17. The first kappa shape index (κ1) is 18.4. The molecule has 0 saturated carbocycles. The molecule has 1 amide bonds. The van der Waals surface area contributed by atoms with Crippen molar-refractivity contribution >= 4 is 40.8 Å². The molecule has 1 aromatic carbocycles. The standard InChI is InChI=1S/C19H12N4O5S/c24-18-17(29-19(21-18)22-20-11-13-4-3-9-27-13)10-12-7-8-16(28-12)14-5-1-2-6-15(14)23(25)26/h1-11H,(H,21,22,24). The highest BCUT2D eigenvalue weighted by Gasteiger charge is 2.25. The van der Waals surface area contributed by atoms with E-state index in [0.717, 1.165) is 11.8 Å². The van der Waals surface area contributed by atoms with Gasteiger partial charge < -0.3 is 8.83 Å². The Bertz CT molecular complexity index is 1160. The monoisotopic (exact) mass is 408 g/mol. The molecule has 9 nitrogen and oxygen atoms in total. The van der Waals surface area contributed by atoms with Crippen molar-refractivity contribution in [1.82, 2.24) is 5.32 Å². The molecule has 1 aliphatic rings. The van der Waals surface area contributed by atoms with Crippen LogP contribution in [0.2, 0.25) is 0 Å². The molecule has 3 heterocycles. The van der Waals surface area contributed by atoms with E-state index in [0.29, 0.717) is 32.9 Å². The summed E-state index contributed by atoms with van der Waals surface area (Å²) >= 11 is 1.10. The van der Waals surface area contributed by atoms with Gasteiger partial charge in [-0.2, -0.15) is 5.10 Å². The Morgan fingerprint density at radius 2 is 1.97 bits per heavy atom. The van der Waals surface area contributed by atoms with E-state index in [1.165, 1.54) is 24.6 Å². The fourth-order valence-electron chi connectivity index (χ4n) is 2.52. The number of benzene rings is 1. The number of nitro groups is 1. The van der Waals surface area contributed by atoms with Gasteiger partial charge in [-0.15, -0.1) is 5.10 Å². The Kier molecular flexibility index (Phi) is 5.08. The van der Waals surface area contributed by atoms with Crippen LogP contribution in [-0.2, 0) is 4.79 Å². The van der Waals surface area contributed by atoms with Crippen molar-refractivity contribution in [2.75, 3.05) is 0 Å². The molecule has 0 spiro atoms. The fraction of sp³-hybridized carbons (Fsp3) is 0. The lowest BCUT2D eigenvalue weighted by atomic mass is 10.1. The van der Waals surface area contributed by atoms with Crippen LogP contribution < -0.4 is 5.32 Å². The third-order valence-electron chi connectivity index (χ3n) is 3.79. The number of hydrogen-bond acceptors (Lipinski definition) is 8. The number of carbonyl (C=O) groups excluding carboxylic acids is 1. The van der Waals surface area contributed by atoms with Crippen LogP contribution in [-0.4, -0.2) is 22.2 Å². The summed E-state index contributed by atoms with van der Waals surface area (Å²) in [5.41, 5.74) is 0.304. The van der Waals surface area contributed by atoms with E-state index < -0.39 is 4.92 Å². The molecule has 2 aromatic heterocycles. The maximum absolute atomic E-state index is 12.1. The normalized spacial score (nSPS) is 16.8. The number of amidine groups is 1. The smallest absolute Gasteiger partial charge is 0.280 e. The van der Waals surface area contributed by atoms with E-state index >= 15 is 0 Å². The van der Waals surface area contributed by atoms with E-state index in [9.17, 15) is 14.9 Å². The molecule has 0 bridgehead atoms. The van der Waals surface area contributed by atoms with Crippen LogP contribution in [0.4, 0.5) is 5.69 Å². The zero-order chi connectivity index (χ0) is 20.2. The molecule has 0 atom stereocenters. The van der Waals surface area contributed by atoms with E-state index in [1.54, 1.807) is 42.5 Å². The Balaban J connectivity index is 1.52. The third-order valence-corrected chi connectivity index (χ3v) is 4.69. The molecule has 1 aliphatic heterocycles. The summed E-state index contributed by atoms with van der Waals surface area (Å²) in [7, 11) is 0. The molecule has 144 valence electrons. The Morgan fingerprint density at radius 3 is 2.76 bits per heavy atom. The number of thioether (sulfide) groups is 1. The molecule has 4 rings (SSSR count). The molecule has 3 aromatic rings. The molecule has 0 aliphatic carbocycles. The van der Waals surface area contributed by atoms with Crippen LogP contribution in [0.25, 0.3) is 17.4 Å². The average Bonchev–Trinajstić information content (AvgIpc) is 3.45. The number of para-hydroxylation sites is 1. The summed E-state index contributed by atoms with van der Waals surface area (Å²) in [4.78, 5) is 23.2.